The molecule has 0 bridgehead atoms. The van der Waals surface area contributed by atoms with E-state index in [0.29, 0.717) is 5.56 Å². The minimum Gasteiger partial charge on any atom is -0.383 e. The van der Waals surface area contributed by atoms with E-state index in [-0.39, 0.29) is 49.3 Å². The molecule has 0 spiro atoms. The lowest BCUT2D eigenvalue weighted by atomic mass is 10.2. The van der Waals surface area contributed by atoms with Crippen molar-refractivity contribution in [1.82, 2.24) is 9.21 Å². The number of hydrogen-bond acceptors (Lipinski definition) is 7. The average Bonchev–Trinajstić information content (AvgIpc) is 2.61. The Morgan fingerprint density at radius 1 is 1.35 bits per heavy atom. The summed E-state index contributed by atoms with van der Waals surface area (Å²) in [5.74, 6) is -0.296. The third kappa shape index (κ3) is 4.18. The highest BCUT2D eigenvalue weighted by molar-refractivity contribution is 7.89. The zero-order valence-electron chi connectivity index (χ0n) is 14.6. The lowest BCUT2D eigenvalue weighted by Crippen LogP contribution is -2.55. The summed E-state index contributed by atoms with van der Waals surface area (Å²) in [4.78, 5) is 23.9. The van der Waals surface area contributed by atoms with Crippen LogP contribution in [0.3, 0.4) is 0 Å². The Morgan fingerprint density at radius 2 is 1.96 bits per heavy atom. The molecule has 1 amide bonds. The Balaban J connectivity index is 2.15. The van der Waals surface area contributed by atoms with Crippen LogP contribution in [0.25, 0.3) is 0 Å². The van der Waals surface area contributed by atoms with Gasteiger partial charge >= 0.3 is 0 Å². The molecule has 1 atom stereocenters. The van der Waals surface area contributed by atoms with E-state index in [0.717, 1.165) is 6.07 Å². The zero-order valence-corrected chi connectivity index (χ0v) is 15.4. The number of benzene rings is 1. The molecule has 1 unspecified atom stereocenters. The third-order valence-electron chi connectivity index (χ3n) is 4.21. The van der Waals surface area contributed by atoms with Crippen LogP contribution in [0.4, 0.5) is 5.69 Å². The maximum Gasteiger partial charge on any atom is 0.270 e. The van der Waals surface area contributed by atoms with Gasteiger partial charge in [0.2, 0.25) is 15.9 Å². The van der Waals surface area contributed by atoms with Crippen molar-refractivity contribution >= 4 is 21.6 Å². The number of ether oxygens (including phenoxy) is 1. The first-order valence-electron chi connectivity index (χ1n) is 7.97. The molecule has 144 valence electrons. The molecule has 0 aromatic heterocycles. The van der Waals surface area contributed by atoms with Gasteiger partial charge < -0.3 is 15.4 Å². The van der Waals surface area contributed by atoms with E-state index in [4.69, 9.17) is 10.5 Å². The van der Waals surface area contributed by atoms with Gasteiger partial charge in [-0.2, -0.15) is 4.31 Å². The first kappa shape index (κ1) is 20.2. The molecular formula is C15H22N4O6S. The summed E-state index contributed by atoms with van der Waals surface area (Å²) in [6.07, 6.45) is 0. The van der Waals surface area contributed by atoms with E-state index in [9.17, 15) is 23.3 Å². The molecule has 2 N–H and O–H groups in total. The lowest BCUT2D eigenvalue weighted by molar-refractivity contribution is -0.385. The van der Waals surface area contributed by atoms with Gasteiger partial charge in [-0.1, -0.05) is 6.07 Å². The van der Waals surface area contributed by atoms with Crippen molar-refractivity contribution in [2.75, 3.05) is 39.9 Å². The highest BCUT2D eigenvalue weighted by atomic mass is 32.2. The van der Waals surface area contributed by atoms with Gasteiger partial charge in [0.25, 0.3) is 5.69 Å². The molecule has 1 aromatic rings. The van der Waals surface area contributed by atoms with Gasteiger partial charge in [0.05, 0.1) is 16.4 Å². The fourth-order valence-electron chi connectivity index (χ4n) is 2.75. The Hall–Kier alpha value is -2.08. The van der Waals surface area contributed by atoms with Crippen molar-refractivity contribution in [2.45, 2.75) is 17.9 Å². The van der Waals surface area contributed by atoms with Crippen LogP contribution in [0, 0.1) is 17.0 Å². The number of nitro groups is 1. The molecule has 1 aliphatic heterocycles. The summed E-state index contributed by atoms with van der Waals surface area (Å²) in [7, 11) is -2.45. The smallest absolute Gasteiger partial charge is 0.270 e. The van der Waals surface area contributed by atoms with E-state index < -0.39 is 21.0 Å². The average molecular weight is 386 g/mol. The number of piperazine rings is 1. The molecule has 11 heteroatoms. The van der Waals surface area contributed by atoms with E-state index in [1.807, 2.05) is 0 Å². The van der Waals surface area contributed by atoms with Crippen LogP contribution in [0.1, 0.15) is 5.56 Å². The first-order chi connectivity index (χ1) is 12.2. The lowest BCUT2D eigenvalue weighted by Gasteiger charge is -2.35. The SMILES string of the molecule is COCC(N)C(=O)N1CCN(S(=O)(=O)c2cc([N+](=O)[O-])ccc2C)CC1. The summed E-state index contributed by atoms with van der Waals surface area (Å²) in [6.45, 7) is 2.25. The molecule has 2 rings (SSSR count). The molecule has 1 aromatic carbocycles. The number of carbonyl (C=O) groups excluding carboxylic acids is 1. The second-order valence-electron chi connectivity index (χ2n) is 6.00. The van der Waals surface area contributed by atoms with Crippen molar-refractivity contribution in [3.63, 3.8) is 0 Å². The number of amides is 1. The van der Waals surface area contributed by atoms with Crippen molar-refractivity contribution in [3.8, 4) is 0 Å². The number of non-ortho nitro benzene ring substituents is 1. The van der Waals surface area contributed by atoms with Crippen LogP contribution in [-0.4, -0.2) is 74.4 Å². The summed E-state index contributed by atoms with van der Waals surface area (Å²) in [5.41, 5.74) is 5.87. The molecule has 1 fully saturated rings. The van der Waals surface area contributed by atoms with Crippen LogP contribution in [0.5, 0.6) is 0 Å². The van der Waals surface area contributed by atoms with Crippen molar-refractivity contribution in [2.24, 2.45) is 5.73 Å². The van der Waals surface area contributed by atoms with Gasteiger partial charge in [0.15, 0.2) is 0 Å². The predicted octanol–water partition coefficient (Wildman–Crippen LogP) is -0.290. The number of sulfonamides is 1. The van der Waals surface area contributed by atoms with Crippen LogP contribution >= 0.6 is 0 Å². The number of rotatable bonds is 6. The number of nitro benzene ring substituents is 1. The standard InChI is InChI=1S/C15H22N4O6S/c1-11-3-4-12(19(21)22)9-14(11)26(23,24)18-7-5-17(6-8-18)15(20)13(16)10-25-2/h3-4,9,13H,5-8,10,16H2,1-2H3. The second kappa shape index (κ2) is 8.08. The zero-order chi connectivity index (χ0) is 19.5. The maximum atomic E-state index is 12.9. The van der Waals surface area contributed by atoms with E-state index >= 15 is 0 Å². The third-order valence-corrected chi connectivity index (χ3v) is 6.25. The normalized spacial score (nSPS) is 17.1. The molecule has 1 heterocycles. The Labute approximate surface area is 151 Å². The van der Waals surface area contributed by atoms with Gasteiger partial charge in [-0.25, -0.2) is 8.42 Å². The molecule has 1 saturated heterocycles. The van der Waals surface area contributed by atoms with Gasteiger partial charge in [-0.05, 0) is 12.5 Å². The highest BCUT2D eigenvalue weighted by Gasteiger charge is 2.33. The van der Waals surface area contributed by atoms with Crippen LogP contribution in [-0.2, 0) is 19.6 Å². The predicted molar refractivity (Wildman–Crippen MR) is 93.0 cm³/mol. The largest absolute Gasteiger partial charge is 0.383 e. The first-order valence-corrected chi connectivity index (χ1v) is 9.41. The monoisotopic (exact) mass is 386 g/mol. The van der Waals surface area contributed by atoms with Gasteiger partial charge in [-0.15, -0.1) is 0 Å². The Bertz CT molecular complexity index is 789. The van der Waals surface area contributed by atoms with Gasteiger partial charge in [-0.3, -0.25) is 14.9 Å². The van der Waals surface area contributed by atoms with Gasteiger partial charge in [0.1, 0.15) is 6.04 Å². The number of carbonyl (C=O) groups is 1. The molecule has 26 heavy (non-hydrogen) atoms. The van der Waals surface area contributed by atoms with Crippen molar-refractivity contribution in [1.29, 1.82) is 0 Å². The second-order valence-corrected chi connectivity index (χ2v) is 7.90. The summed E-state index contributed by atoms with van der Waals surface area (Å²) in [6, 6.07) is 2.95. The fourth-order valence-corrected chi connectivity index (χ4v) is 4.42. The maximum absolute atomic E-state index is 12.9. The Morgan fingerprint density at radius 3 is 2.50 bits per heavy atom. The molecule has 1 aliphatic rings. The number of nitrogens with zero attached hydrogens (tertiary/aromatic N) is 3. The van der Waals surface area contributed by atoms with E-state index in [1.165, 1.54) is 28.4 Å². The van der Waals surface area contributed by atoms with E-state index in [1.54, 1.807) is 6.92 Å². The highest BCUT2D eigenvalue weighted by Crippen LogP contribution is 2.25. The Kier molecular flexibility index (Phi) is 6.29. The molecular weight excluding hydrogens is 364 g/mol. The minimum atomic E-state index is -3.89. The number of aryl methyl sites for hydroxylation is 1. The van der Waals surface area contributed by atoms with Crippen LogP contribution in [0.15, 0.2) is 23.1 Å². The summed E-state index contributed by atoms with van der Waals surface area (Å²) >= 11 is 0. The number of nitrogens with two attached hydrogens (primary N) is 1. The minimum absolute atomic E-state index is 0.0875. The number of methoxy groups -OCH3 is 1. The fraction of sp³-hybridized carbons (Fsp3) is 0.533. The molecule has 10 nitrogen and oxygen atoms in total. The van der Waals surface area contributed by atoms with Crippen molar-refractivity contribution < 1.29 is 22.9 Å². The van der Waals surface area contributed by atoms with E-state index in [2.05, 4.69) is 0 Å². The molecule has 0 radical (unpaired) electrons. The summed E-state index contributed by atoms with van der Waals surface area (Å²) in [5, 5.41) is 10.9. The molecule has 0 saturated carbocycles. The molecule has 0 aliphatic carbocycles. The van der Waals surface area contributed by atoms with Crippen LogP contribution in [0.2, 0.25) is 0 Å². The quantitative estimate of drug-likeness (QED) is 0.524. The van der Waals surface area contributed by atoms with Crippen LogP contribution < -0.4 is 5.73 Å². The van der Waals surface area contributed by atoms with Crippen molar-refractivity contribution in [3.05, 3.63) is 33.9 Å². The topological polar surface area (TPSA) is 136 Å². The summed E-state index contributed by atoms with van der Waals surface area (Å²) < 4.78 is 31.8. The van der Waals surface area contributed by atoms with Gasteiger partial charge in [0, 0.05) is 45.4 Å². The number of hydrogen-bond donors (Lipinski definition) is 1.